The first kappa shape index (κ1) is 8.30. The Morgan fingerprint density at radius 1 is 1.27 bits per heavy atom. The summed E-state index contributed by atoms with van der Waals surface area (Å²) in [6, 6.07) is 0. The molecular weight excluding hydrogens is 251 g/mol. The van der Waals surface area contributed by atoms with E-state index in [2.05, 4.69) is 22.6 Å². The molecule has 0 aromatic heterocycles. The van der Waals surface area contributed by atoms with E-state index in [1.54, 1.807) is 0 Å². The van der Waals surface area contributed by atoms with Gasteiger partial charge in [-0.15, -0.1) is 0 Å². The van der Waals surface area contributed by atoms with E-state index in [1.165, 1.54) is 36.5 Å². The van der Waals surface area contributed by atoms with Crippen LogP contribution in [0.1, 0.15) is 32.1 Å². The van der Waals surface area contributed by atoms with E-state index >= 15 is 0 Å². The maximum Gasteiger partial charge on any atom is 0.0671 e. The minimum absolute atomic E-state index is 0.587. The van der Waals surface area contributed by atoms with Crippen LogP contribution in [0.2, 0.25) is 0 Å². The Balaban J connectivity index is 1.92. The summed E-state index contributed by atoms with van der Waals surface area (Å²) in [5.74, 6) is 0.920. The molecule has 0 aromatic carbocycles. The lowest BCUT2D eigenvalue weighted by Gasteiger charge is -2.23. The summed E-state index contributed by atoms with van der Waals surface area (Å²) in [7, 11) is 0. The molecule has 2 aliphatic rings. The van der Waals surface area contributed by atoms with Crippen molar-refractivity contribution in [1.29, 1.82) is 0 Å². The normalized spacial score (nSPS) is 43.9. The van der Waals surface area contributed by atoms with Crippen LogP contribution in [0.3, 0.4) is 0 Å². The largest absolute Gasteiger partial charge is 0.374 e. The molecule has 1 aliphatic carbocycles. The number of ether oxygens (including phenoxy) is 1. The van der Waals surface area contributed by atoms with Gasteiger partial charge in [0.15, 0.2) is 0 Å². The molecule has 0 unspecified atom stereocenters. The first-order chi connectivity index (χ1) is 5.40. The zero-order chi connectivity index (χ0) is 7.68. The predicted molar refractivity (Wildman–Crippen MR) is 54.1 cm³/mol. The molecule has 11 heavy (non-hydrogen) atoms. The van der Waals surface area contributed by atoms with Crippen LogP contribution in [-0.2, 0) is 4.74 Å². The molecule has 1 heterocycles. The van der Waals surface area contributed by atoms with Crippen LogP contribution >= 0.6 is 22.6 Å². The predicted octanol–water partition coefficient (Wildman–Crippen LogP) is 2.77. The fraction of sp³-hybridized carbons (Fsp3) is 1.00. The van der Waals surface area contributed by atoms with Crippen LogP contribution in [0, 0.1) is 5.92 Å². The van der Waals surface area contributed by atoms with Gasteiger partial charge in [0.25, 0.3) is 0 Å². The van der Waals surface area contributed by atoms with Crippen molar-refractivity contribution in [2.75, 3.05) is 4.43 Å². The minimum Gasteiger partial charge on any atom is -0.374 e. The molecule has 0 radical (unpaired) electrons. The second kappa shape index (κ2) is 3.60. The van der Waals surface area contributed by atoms with E-state index in [0.29, 0.717) is 12.2 Å². The smallest absolute Gasteiger partial charge is 0.0671 e. The van der Waals surface area contributed by atoms with Gasteiger partial charge < -0.3 is 4.74 Å². The Morgan fingerprint density at radius 3 is 2.82 bits per heavy atom. The highest BCUT2D eigenvalue weighted by Crippen LogP contribution is 2.37. The zero-order valence-corrected chi connectivity index (χ0v) is 8.92. The van der Waals surface area contributed by atoms with Crippen LogP contribution in [0.5, 0.6) is 0 Å². The number of hydrogen-bond acceptors (Lipinski definition) is 1. The molecule has 0 amide bonds. The molecule has 2 fully saturated rings. The van der Waals surface area contributed by atoms with Gasteiger partial charge in [-0.1, -0.05) is 35.4 Å². The van der Waals surface area contributed by atoms with E-state index in [-0.39, 0.29) is 0 Å². The Hall–Kier alpha value is 0.690. The third-order valence-electron chi connectivity index (χ3n) is 2.94. The molecule has 0 bridgehead atoms. The van der Waals surface area contributed by atoms with Crippen molar-refractivity contribution in [3.63, 3.8) is 0 Å². The van der Waals surface area contributed by atoms with Crippen LogP contribution in [-0.4, -0.2) is 16.6 Å². The van der Waals surface area contributed by atoms with Crippen molar-refractivity contribution in [2.45, 2.75) is 44.3 Å². The molecule has 1 nitrogen and oxygen atoms in total. The molecule has 1 aliphatic heterocycles. The summed E-state index contributed by atoms with van der Waals surface area (Å²) in [6.45, 7) is 0. The monoisotopic (exact) mass is 266 g/mol. The molecule has 2 rings (SSSR count). The average molecular weight is 266 g/mol. The van der Waals surface area contributed by atoms with Crippen molar-refractivity contribution in [2.24, 2.45) is 5.92 Å². The standard InChI is InChI=1S/C9H15IO/c10-6-8-5-7-3-1-2-4-9(7)11-8/h7-9H,1-6H2/t7-,8-,9+/m0/s1. The van der Waals surface area contributed by atoms with Crippen molar-refractivity contribution in [3.05, 3.63) is 0 Å². The van der Waals surface area contributed by atoms with Gasteiger partial charge in [-0.05, 0) is 25.2 Å². The van der Waals surface area contributed by atoms with Crippen LogP contribution in [0.4, 0.5) is 0 Å². The van der Waals surface area contributed by atoms with Crippen LogP contribution in [0.25, 0.3) is 0 Å². The summed E-state index contributed by atoms with van der Waals surface area (Å²) >= 11 is 2.44. The Morgan fingerprint density at radius 2 is 2.09 bits per heavy atom. The maximum atomic E-state index is 5.91. The number of fused-ring (bicyclic) bond motifs is 1. The summed E-state index contributed by atoms with van der Waals surface area (Å²) in [5.41, 5.74) is 0. The first-order valence-electron chi connectivity index (χ1n) is 4.61. The molecule has 3 atom stereocenters. The van der Waals surface area contributed by atoms with Gasteiger partial charge >= 0.3 is 0 Å². The Labute approximate surface area is 82.0 Å². The summed E-state index contributed by atoms with van der Waals surface area (Å²) < 4.78 is 7.09. The van der Waals surface area contributed by atoms with E-state index in [1.807, 2.05) is 0 Å². The van der Waals surface area contributed by atoms with Gasteiger partial charge in [-0.25, -0.2) is 0 Å². The highest BCUT2D eigenvalue weighted by molar-refractivity contribution is 14.1. The van der Waals surface area contributed by atoms with Gasteiger partial charge in [-0.2, -0.15) is 0 Å². The van der Waals surface area contributed by atoms with Crippen LogP contribution < -0.4 is 0 Å². The van der Waals surface area contributed by atoms with E-state index < -0.39 is 0 Å². The third kappa shape index (κ3) is 1.72. The fourth-order valence-electron chi connectivity index (χ4n) is 2.36. The highest BCUT2D eigenvalue weighted by Gasteiger charge is 2.35. The second-order valence-electron chi connectivity index (χ2n) is 3.73. The molecule has 1 saturated heterocycles. The van der Waals surface area contributed by atoms with Crippen molar-refractivity contribution < 1.29 is 4.74 Å². The first-order valence-corrected chi connectivity index (χ1v) is 6.14. The van der Waals surface area contributed by atoms with E-state index in [4.69, 9.17) is 4.74 Å². The van der Waals surface area contributed by atoms with Crippen LogP contribution in [0.15, 0.2) is 0 Å². The highest BCUT2D eigenvalue weighted by atomic mass is 127. The molecular formula is C9H15IO. The number of halogens is 1. The molecule has 2 heteroatoms. The van der Waals surface area contributed by atoms with E-state index in [0.717, 1.165) is 5.92 Å². The Kier molecular flexibility index (Phi) is 2.72. The number of hydrogen-bond donors (Lipinski definition) is 0. The lowest BCUT2D eigenvalue weighted by Crippen LogP contribution is -2.20. The van der Waals surface area contributed by atoms with E-state index in [9.17, 15) is 0 Å². The number of rotatable bonds is 1. The molecule has 0 aromatic rings. The average Bonchev–Trinajstić information content (AvgIpc) is 2.46. The molecule has 64 valence electrons. The fourth-order valence-corrected chi connectivity index (χ4v) is 2.93. The summed E-state index contributed by atoms with van der Waals surface area (Å²) in [4.78, 5) is 0. The van der Waals surface area contributed by atoms with Gasteiger partial charge in [-0.3, -0.25) is 0 Å². The molecule has 1 saturated carbocycles. The summed E-state index contributed by atoms with van der Waals surface area (Å²) in [6.07, 6.45) is 8.17. The van der Waals surface area contributed by atoms with Gasteiger partial charge in [0.05, 0.1) is 12.2 Å². The second-order valence-corrected chi connectivity index (χ2v) is 4.61. The molecule has 0 N–H and O–H groups in total. The van der Waals surface area contributed by atoms with Gasteiger partial charge in [0, 0.05) is 4.43 Å². The number of alkyl halides is 1. The van der Waals surface area contributed by atoms with Gasteiger partial charge in [0.2, 0.25) is 0 Å². The maximum absolute atomic E-state index is 5.91. The topological polar surface area (TPSA) is 9.23 Å². The van der Waals surface area contributed by atoms with Gasteiger partial charge in [0.1, 0.15) is 0 Å². The third-order valence-corrected chi connectivity index (χ3v) is 3.93. The molecule has 0 spiro atoms. The summed E-state index contributed by atoms with van der Waals surface area (Å²) in [5, 5.41) is 0. The minimum atomic E-state index is 0.587. The quantitative estimate of drug-likeness (QED) is 0.524. The van der Waals surface area contributed by atoms with Crippen molar-refractivity contribution in [3.8, 4) is 0 Å². The lowest BCUT2D eigenvalue weighted by atomic mass is 9.86. The lowest BCUT2D eigenvalue weighted by molar-refractivity contribution is 0.0302. The Bertz CT molecular complexity index is 124. The van der Waals surface area contributed by atoms with Crippen molar-refractivity contribution >= 4 is 22.6 Å². The SMILES string of the molecule is IC[C@@H]1C[C@@H]2CCCC[C@H]2O1. The van der Waals surface area contributed by atoms with Crippen molar-refractivity contribution in [1.82, 2.24) is 0 Å². The zero-order valence-electron chi connectivity index (χ0n) is 6.76.